The fraction of sp³-hybridized carbons (Fsp3) is 0.158. The molecule has 0 aromatic heterocycles. The highest BCUT2D eigenvalue weighted by atomic mass is 127. The van der Waals surface area contributed by atoms with Crippen molar-refractivity contribution in [1.29, 1.82) is 0 Å². The molecule has 2 heterocycles. The average Bonchev–Trinajstić information content (AvgIpc) is 3.19. The molecule has 6 nitrogen and oxygen atoms in total. The Hall–Kier alpha value is -2.20. The van der Waals surface area contributed by atoms with E-state index in [2.05, 4.69) is 27.9 Å². The number of carbonyl (C=O) groups excluding carboxylic acids is 2. The molecule has 2 aromatic carbocycles. The van der Waals surface area contributed by atoms with Gasteiger partial charge in [-0.2, -0.15) is 0 Å². The molecule has 8 heteroatoms. The number of carbonyl (C=O) groups is 2. The van der Waals surface area contributed by atoms with Gasteiger partial charge in [-0.1, -0.05) is 6.07 Å². The number of nitrogens with zero attached hydrogens (tertiary/aromatic N) is 1. The van der Waals surface area contributed by atoms with Crippen LogP contribution in [0.1, 0.15) is 11.1 Å². The predicted molar refractivity (Wildman–Crippen MR) is 113 cm³/mol. The molecule has 1 N–H and O–H groups in total. The maximum Gasteiger partial charge on any atom is 0.295 e. The molecule has 0 unspecified atom stereocenters. The van der Waals surface area contributed by atoms with Gasteiger partial charge in [0.05, 0.1) is 11.6 Å². The first-order chi connectivity index (χ1) is 13.0. The Balaban J connectivity index is 1.48. The Morgan fingerprint density at radius 1 is 1.19 bits per heavy atom. The van der Waals surface area contributed by atoms with Crippen LogP contribution in [0.15, 0.2) is 41.3 Å². The smallest absolute Gasteiger partial charge is 0.295 e. The molecule has 0 aliphatic carbocycles. The van der Waals surface area contributed by atoms with Gasteiger partial charge >= 0.3 is 0 Å². The van der Waals surface area contributed by atoms with Crippen molar-refractivity contribution in [3.63, 3.8) is 0 Å². The first-order valence-electron chi connectivity index (χ1n) is 8.16. The molecule has 2 aliphatic heterocycles. The van der Waals surface area contributed by atoms with Crippen molar-refractivity contribution in [2.24, 2.45) is 0 Å². The molecular weight excluding hydrogens is 479 g/mol. The quantitative estimate of drug-likeness (QED) is 0.501. The molecular formula is C19H15IN2O4S. The minimum Gasteiger partial charge on any atom is -0.454 e. The summed E-state index contributed by atoms with van der Waals surface area (Å²) in [6.07, 6.45) is 1.70. The molecule has 27 heavy (non-hydrogen) atoms. The number of thioether (sulfide) groups is 1. The number of ether oxygens (including phenoxy) is 2. The van der Waals surface area contributed by atoms with Crippen molar-refractivity contribution in [3.8, 4) is 11.5 Å². The van der Waals surface area contributed by atoms with Crippen LogP contribution < -0.4 is 14.8 Å². The topological polar surface area (TPSA) is 67.9 Å². The Bertz CT molecular complexity index is 976. The Labute approximate surface area is 174 Å². The van der Waals surface area contributed by atoms with Crippen LogP contribution in [0.5, 0.6) is 11.5 Å². The number of rotatable bonds is 4. The third-order valence-electron chi connectivity index (χ3n) is 4.18. The summed E-state index contributed by atoms with van der Waals surface area (Å²) in [6, 6.07) is 11.4. The van der Waals surface area contributed by atoms with Gasteiger partial charge in [-0.15, -0.1) is 0 Å². The average molecular weight is 494 g/mol. The molecule has 0 saturated carbocycles. The molecule has 0 radical (unpaired) electrons. The molecule has 0 atom stereocenters. The Morgan fingerprint density at radius 2 is 2.00 bits per heavy atom. The summed E-state index contributed by atoms with van der Waals surface area (Å²) in [5.74, 6) is 1.01. The molecule has 2 aromatic rings. The van der Waals surface area contributed by atoms with Crippen molar-refractivity contribution in [1.82, 2.24) is 4.90 Å². The van der Waals surface area contributed by atoms with Crippen LogP contribution in [0.25, 0.3) is 6.08 Å². The number of benzene rings is 2. The number of hydrogen-bond acceptors (Lipinski definition) is 6. The summed E-state index contributed by atoms with van der Waals surface area (Å²) in [4.78, 5) is 26.5. The number of imide groups is 1. The summed E-state index contributed by atoms with van der Waals surface area (Å²) < 4.78 is 11.8. The first kappa shape index (κ1) is 18.2. The van der Waals surface area contributed by atoms with Gasteiger partial charge in [0.25, 0.3) is 11.1 Å². The van der Waals surface area contributed by atoms with Crippen molar-refractivity contribution < 1.29 is 19.1 Å². The zero-order valence-electron chi connectivity index (χ0n) is 14.3. The molecule has 0 bridgehead atoms. The fourth-order valence-corrected chi connectivity index (χ4v) is 4.27. The van der Waals surface area contributed by atoms with Crippen molar-refractivity contribution >= 4 is 57.3 Å². The normalized spacial score (nSPS) is 17.1. The molecule has 138 valence electrons. The lowest BCUT2D eigenvalue weighted by Gasteiger charge is -2.16. The molecule has 4 rings (SSSR count). The second kappa shape index (κ2) is 7.43. The van der Waals surface area contributed by atoms with E-state index in [1.165, 1.54) is 4.90 Å². The lowest BCUT2D eigenvalue weighted by atomic mass is 10.2. The van der Waals surface area contributed by atoms with Crippen LogP contribution in [0.2, 0.25) is 0 Å². The zero-order chi connectivity index (χ0) is 19.0. The van der Waals surface area contributed by atoms with Gasteiger partial charge in [-0.05, 0) is 88.8 Å². The minimum absolute atomic E-state index is 0.130. The first-order valence-corrected chi connectivity index (χ1v) is 10.1. The second-order valence-corrected chi connectivity index (χ2v) is 8.26. The monoisotopic (exact) mass is 494 g/mol. The lowest BCUT2D eigenvalue weighted by molar-refractivity contribution is -0.122. The largest absolute Gasteiger partial charge is 0.454 e. The van der Waals surface area contributed by atoms with E-state index in [0.717, 1.165) is 32.1 Å². The molecule has 2 aliphatic rings. The maximum absolute atomic E-state index is 12.6. The van der Waals surface area contributed by atoms with Gasteiger partial charge in [0.1, 0.15) is 0 Å². The SMILES string of the molecule is Cc1cc(I)ccc1NCN1C(=O)SC(=Cc2ccc3c(c2)OCO3)C1=O. The lowest BCUT2D eigenvalue weighted by Crippen LogP contribution is -2.33. The molecule has 0 spiro atoms. The molecule has 2 amide bonds. The number of amides is 2. The van der Waals surface area contributed by atoms with E-state index in [1.807, 2.05) is 31.2 Å². The highest BCUT2D eigenvalue weighted by Gasteiger charge is 2.35. The van der Waals surface area contributed by atoms with Gasteiger partial charge in [-0.3, -0.25) is 14.5 Å². The standard InChI is InChI=1S/C19H15IN2O4S/c1-11-6-13(20)3-4-14(11)21-9-22-18(23)17(27-19(22)24)8-12-2-5-15-16(7-12)26-10-25-15/h2-8,21H,9-10H2,1H3. The van der Waals surface area contributed by atoms with Crippen LogP contribution in [0, 0.1) is 10.5 Å². The van der Waals surface area contributed by atoms with Gasteiger partial charge in [0.2, 0.25) is 6.79 Å². The van der Waals surface area contributed by atoms with Gasteiger partial charge < -0.3 is 14.8 Å². The number of anilines is 1. The van der Waals surface area contributed by atoms with E-state index in [-0.39, 0.29) is 24.6 Å². The van der Waals surface area contributed by atoms with Crippen molar-refractivity contribution in [2.75, 3.05) is 18.8 Å². The van der Waals surface area contributed by atoms with Crippen molar-refractivity contribution in [3.05, 3.63) is 56.0 Å². The maximum atomic E-state index is 12.6. The summed E-state index contributed by atoms with van der Waals surface area (Å²) in [5.41, 5.74) is 2.74. The van der Waals surface area contributed by atoms with E-state index >= 15 is 0 Å². The zero-order valence-corrected chi connectivity index (χ0v) is 17.3. The van der Waals surface area contributed by atoms with E-state index < -0.39 is 0 Å². The van der Waals surface area contributed by atoms with Gasteiger partial charge in [0.15, 0.2) is 11.5 Å². The number of fused-ring (bicyclic) bond motifs is 1. The van der Waals surface area contributed by atoms with Crippen LogP contribution in [0.3, 0.4) is 0 Å². The number of hydrogen-bond donors (Lipinski definition) is 1. The van der Waals surface area contributed by atoms with Gasteiger partial charge in [0, 0.05) is 9.26 Å². The van der Waals surface area contributed by atoms with Crippen LogP contribution >= 0.6 is 34.4 Å². The Kier molecular flexibility index (Phi) is 5.00. The number of halogens is 1. The Morgan fingerprint density at radius 3 is 2.81 bits per heavy atom. The molecule has 1 fully saturated rings. The summed E-state index contributed by atoms with van der Waals surface area (Å²) in [6.45, 7) is 2.31. The van der Waals surface area contributed by atoms with Gasteiger partial charge in [-0.25, -0.2) is 0 Å². The summed E-state index contributed by atoms with van der Waals surface area (Å²) in [5, 5.41) is 2.88. The third kappa shape index (κ3) is 3.77. The molecule has 1 saturated heterocycles. The highest BCUT2D eigenvalue weighted by Crippen LogP contribution is 2.36. The third-order valence-corrected chi connectivity index (χ3v) is 5.76. The highest BCUT2D eigenvalue weighted by molar-refractivity contribution is 14.1. The number of aryl methyl sites for hydroxylation is 1. The van der Waals surface area contributed by atoms with E-state index in [0.29, 0.717) is 16.4 Å². The van der Waals surface area contributed by atoms with E-state index in [1.54, 1.807) is 18.2 Å². The fourth-order valence-electron chi connectivity index (χ4n) is 2.78. The second-order valence-electron chi connectivity index (χ2n) is 6.02. The summed E-state index contributed by atoms with van der Waals surface area (Å²) >= 11 is 3.18. The van der Waals surface area contributed by atoms with Crippen LogP contribution in [-0.4, -0.2) is 29.5 Å². The van der Waals surface area contributed by atoms with Crippen molar-refractivity contribution in [2.45, 2.75) is 6.92 Å². The predicted octanol–water partition coefficient (Wildman–Crippen LogP) is 4.43. The number of nitrogens with one attached hydrogen (secondary N) is 1. The van der Waals surface area contributed by atoms with E-state index in [4.69, 9.17) is 9.47 Å². The van der Waals surface area contributed by atoms with Crippen LogP contribution in [-0.2, 0) is 4.79 Å². The summed E-state index contributed by atoms with van der Waals surface area (Å²) in [7, 11) is 0. The minimum atomic E-state index is -0.307. The van der Waals surface area contributed by atoms with Crippen LogP contribution in [0.4, 0.5) is 10.5 Å². The van der Waals surface area contributed by atoms with E-state index in [9.17, 15) is 9.59 Å².